The van der Waals surface area contributed by atoms with E-state index >= 15 is 0 Å². The molecule has 0 nitrogen and oxygen atoms in total. The molecule has 0 spiro atoms. The van der Waals surface area contributed by atoms with Gasteiger partial charge in [-0.15, -0.1) is 0 Å². The molecule has 1 unspecified atom stereocenters. The Balaban J connectivity index is -0.0000000723. The highest BCUT2D eigenvalue weighted by Gasteiger charge is 2.64. The fourth-order valence-corrected chi connectivity index (χ4v) is 3.26. The summed E-state index contributed by atoms with van der Waals surface area (Å²) < 4.78 is 442. The summed E-state index contributed by atoms with van der Waals surface area (Å²) in [5, 5.41) is 0. The first-order valence-corrected chi connectivity index (χ1v) is 36.2. The molecule has 0 saturated heterocycles. The van der Waals surface area contributed by atoms with Gasteiger partial charge in [-0.3, -0.25) is 0 Å². The Morgan fingerprint density at radius 2 is 0.505 bits per heavy atom. The lowest BCUT2D eigenvalue weighted by Crippen LogP contribution is -2.44. The molecule has 0 rings (SSSR count). The quantitative estimate of drug-likeness (QED) is 0.113. The van der Waals surface area contributed by atoms with Crippen LogP contribution in [0.1, 0.15) is 343 Å². The van der Waals surface area contributed by atoms with Gasteiger partial charge in [-0.25, -0.2) is 0 Å². The van der Waals surface area contributed by atoms with Gasteiger partial charge in [0.2, 0.25) is 0 Å². The third kappa shape index (κ3) is 131. The summed E-state index contributed by atoms with van der Waals surface area (Å²) in [5.74, 6) is -7.69. The normalized spacial score (nSPS) is 14.0. The smallest absolute Gasteiger partial charge is 0.171 e. The second-order valence-corrected chi connectivity index (χ2v) is 29.3. The Hall–Kier alpha value is -2.52. The summed E-state index contributed by atoms with van der Waals surface area (Å²) in [7, 11) is 0. The predicted molar refractivity (Wildman–Crippen MR) is 382 cm³/mol. The van der Waals surface area contributed by atoms with Gasteiger partial charge in [0.05, 0.1) is 23.2 Å². The van der Waals surface area contributed by atoms with E-state index in [4.69, 9.17) is 5.48 Å². The van der Waals surface area contributed by atoms with Crippen LogP contribution in [-0.2, 0) is 0 Å². The maximum absolute atomic E-state index is 11.7. The lowest BCUT2D eigenvalue weighted by atomic mass is 9.92. The number of unbranched alkanes of at least 4 members (excludes halogenated alkanes) is 4. The van der Waals surface area contributed by atoms with Crippen LogP contribution in [0, 0.1) is 75.9 Å². The molecule has 0 aliphatic rings. The lowest BCUT2D eigenvalue weighted by molar-refractivity contribution is -0.327. The van der Waals surface area contributed by atoms with Gasteiger partial charge >= 0.3 is 74.1 Å². The van der Waals surface area contributed by atoms with Gasteiger partial charge < -0.3 is 0 Å². The fraction of sp³-hybridized carbons (Fsp3) is 1.00. The van der Waals surface area contributed by atoms with Crippen molar-refractivity contribution >= 4 is 0 Å². The zero-order valence-corrected chi connectivity index (χ0v) is 71.6. The molecular weight excluding hydrogens is 1580 g/mol. The van der Waals surface area contributed by atoms with E-state index in [2.05, 4.69) is 83.1 Å². The molecule has 0 amide bonds. The highest BCUT2D eigenvalue weighted by molar-refractivity contribution is 4.84. The van der Waals surface area contributed by atoms with Crippen molar-refractivity contribution in [3.63, 3.8) is 0 Å². The van der Waals surface area contributed by atoms with Gasteiger partial charge in [0.15, 0.2) is 11.3 Å². The number of halogens is 36. The van der Waals surface area contributed by atoms with E-state index in [0.29, 0.717) is 19.3 Å². The third-order valence-corrected chi connectivity index (χ3v) is 13.0. The number of hydrogen-bond donors (Lipinski definition) is 0. The standard InChI is InChI=1S/2C6H8F6.2C6H11F3.C6H14.C5H6F6.2C5H9F3.2C5H12.2C4H7F3.3C4H10/c1-4(6(10,11)12)2-3-5(7,8)9;1-2-3-4(5(7,8)9)6(10,11)12;1-3-4-5(2)6(7,8)9;1-2-3-4-5-6(7,8)9;1-5(2)6(3)4;1-3(2,4(6,7)8)5(9,10)11;1-4(2,3)5(6,7)8;1-3-4(2)5(6,7)8;1-4-5(2)3;1-3-5-4-2;2*1-3(2)4(5,6)7;2*1-4(2)3;1-3-4-2/h2*4H,2-3H2,1H3;5H,3-4H2,1-2H3;2-5H2,1H3;5-6H,1-4H3;1-2H3;1-3H3;4H,3H2,1-2H3;5H,4H2,1-3H3;3-5H2,1-2H3;2*3H,1-2H3;2*4H,1-3H3;3-4H2,1-2H3/t4-;;5-;;;;;;;;;;;;/m0.0............/s1/i;;;;;;;;;;3D;;4D;;3D2. The van der Waals surface area contributed by atoms with Crippen LogP contribution in [0.25, 0.3) is 0 Å². The van der Waals surface area contributed by atoms with Crippen LogP contribution in [0.3, 0.4) is 0 Å². The highest BCUT2D eigenvalue weighted by atomic mass is 19.5. The van der Waals surface area contributed by atoms with E-state index in [1.54, 1.807) is 13.8 Å². The molecule has 0 bridgehead atoms. The maximum Gasteiger partial charge on any atom is 0.402 e. The molecule has 0 aromatic rings. The topological polar surface area (TPSA) is 0 Å². The van der Waals surface area contributed by atoms with Gasteiger partial charge in [0.1, 0.15) is 0 Å². The van der Waals surface area contributed by atoms with Crippen LogP contribution in [0.15, 0.2) is 0 Å². The average Bonchev–Trinajstić information content (AvgIpc) is 0.792. The van der Waals surface area contributed by atoms with Crippen molar-refractivity contribution in [3.05, 3.63) is 0 Å². The van der Waals surface area contributed by atoms with Crippen molar-refractivity contribution in [2.24, 2.45) is 75.9 Å². The van der Waals surface area contributed by atoms with Gasteiger partial charge in [-0.1, -0.05) is 279 Å². The van der Waals surface area contributed by atoms with Crippen molar-refractivity contribution in [1.29, 1.82) is 0 Å². The highest BCUT2D eigenvalue weighted by Crippen LogP contribution is 2.49. The summed E-state index contributed by atoms with van der Waals surface area (Å²) in [6.07, 6.45) is -50.3. The van der Waals surface area contributed by atoms with E-state index in [0.717, 1.165) is 85.5 Å². The van der Waals surface area contributed by atoms with Crippen molar-refractivity contribution < 1.29 is 164 Å². The van der Waals surface area contributed by atoms with Crippen LogP contribution in [-0.4, -0.2) is 74.1 Å². The van der Waals surface area contributed by atoms with Crippen molar-refractivity contribution in [3.8, 4) is 0 Å². The fourth-order valence-electron chi connectivity index (χ4n) is 3.26. The van der Waals surface area contributed by atoms with Gasteiger partial charge in [0.25, 0.3) is 0 Å². The third-order valence-electron chi connectivity index (χ3n) is 13.0. The Morgan fingerprint density at radius 3 is 0.577 bits per heavy atom. The van der Waals surface area contributed by atoms with Crippen LogP contribution >= 0.6 is 0 Å². The zero-order chi connectivity index (χ0) is 98.0. The lowest BCUT2D eigenvalue weighted by Gasteiger charge is -2.29. The molecule has 0 aliphatic carbocycles. The Morgan fingerprint density at radius 1 is 0.279 bits per heavy atom. The molecule has 0 heterocycles. The first-order chi connectivity index (χ1) is 49.4. The molecule has 111 heavy (non-hydrogen) atoms. The van der Waals surface area contributed by atoms with Crippen molar-refractivity contribution in [1.82, 2.24) is 0 Å². The molecule has 696 valence electrons. The first kappa shape index (κ1) is 132. The minimum atomic E-state index is -5.24. The molecule has 0 radical (unpaired) electrons. The van der Waals surface area contributed by atoms with Gasteiger partial charge in [-0.05, 0) is 75.5 Å². The summed E-state index contributed by atoms with van der Waals surface area (Å²) in [6.45, 7) is 52.6. The molecule has 0 fully saturated rings. The molecule has 0 aromatic heterocycles. The van der Waals surface area contributed by atoms with Crippen LogP contribution in [0.5, 0.6) is 0 Å². The average molecular weight is 1730 g/mol. The van der Waals surface area contributed by atoms with Crippen molar-refractivity contribution in [2.45, 2.75) is 412 Å². The number of rotatable bonds is 15. The Bertz CT molecular complexity index is 1950. The Labute approximate surface area is 649 Å². The summed E-state index contributed by atoms with van der Waals surface area (Å²) >= 11 is 0. The SMILES string of the molecule is CC(C)(C(F)(F)F)C(F)(F)F.CC(C)(C)C(F)(F)F.CC(C)C.CC(C)C(C)C.CC(C)C(F)(F)F.CCC(C)C.CCC(C)C(F)(F)F.CCCC(C(F)(F)F)C(F)(F)F.CCCCC.CCCCCC(F)(F)F.CCC[C@H](C)C(F)(F)F.C[C@@H](CCC(F)(F)F)C(F)(F)F.[2H]C(C)(C)C.[2H]C(C)(C)C(F)(F)F.[2H]C([2H])(C)CC. The second kappa shape index (κ2) is 70.5. The molecule has 0 aliphatic heterocycles. The number of alkyl halides is 36. The molecule has 0 saturated carbocycles. The maximum atomic E-state index is 11.7. The van der Waals surface area contributed by atoms with E-state index in [-0.39, 0.29) is 45.4 Å². The van der Waals surface area contributed by atoms with Gasteiger partial charge in [-0.2, -0.15) is 158 Å². The van der Waals surface area contributed by atoms with E-state index in [1.165, 1.54) is 53.4 Å². The van der Waals surface area contributed by atoms with E-state index < -0.39 is 152 Å². The number of hydrogen-bond acceptors (Lipinski definition) is 0. The van der Waals surface area contributed by atoms with E-state index in [1.807, 2.05) is 34.6 Å². The minimum Gasteiger partial charge on any atom is -0.171 e. The monoisotopic (exact) mass is 1730 g/mol. The molecule has 0 N–H and O–H groups in total. The largest absolute Gasteiger partial charge is 0.402 e. The molecule has 3 atom stereocenters. The molecule has 0 aromatic carbocycles. The first-order valence-electron chi connectivity index (χ1n) is 38.2. The molecule has 36 heteroatoms. The van der Waals surface area contributed by atoms with Crippen LogP contribution in [0.4, 0.5) is 158 Å². The van der Waals surface area contributed by atoms with Gasteiger partial charge in [0, 0.05) is 30.1 Å². The Kier molecular flexibility index (Phi) is 83.8. The second-order valence-electron chi connectivity index (χ2n) is 29.3. The zero-order valence-electron chi connectivity index (χ0n) is 75.6. The molecular formula is C75H144F36. The summed E-state index contributed by atoms with van der Waals surface area (Å²) in [5.41, 5.74) is -5.19. The predicted octanol–water partition coefficient (Wildman–Crippen LogP) is 37.6. The van der Waals surface area contributed by atoms with Crippen LogP contribution < -0.4 is 0 Å². The van der Waals surface area contributed by atoms with E-state index in [9.17, 15) is 158 Å². The minimum absolute atomic E-state index is 0.104. The van der Waals surface area contributed by atoms with Crippen molar-refractivity contribution in [2.75, 3.05) is 0 Å². The van der Waals surface area contributed by atoms with Crippen LogP contribution in [0.2, 0.25) is 0 Å². The summed E-state index contributed by atoms with van der Waals surface area (Å²) in [4.78, 5) is 0. The summed E-state index contributed by atoms with van der Waals surface area (Å²) in [6, 6.07) is 0.